The summed E-state index contributed by atoms with van der Waals surface area (Å²) < 4.78 is 0. The van der Waals surface area contributed by atoms with Crippen molar-refractivity contribution in [2.45, 2.75) is 26.3 Å². The largest absolute Gasteiger partial charge is 0.367 e. The second-order valence-electron chi connectivity index (χ2n) is 4.68. The van der Waals surface area contributed by atoms with Crippen LogP contribution in [-0.2, 0) is 0 Å². The predicted molar refractivity (Wildman–Crippen MR) is 69.6 cm³/mol. The molecule has 2 N–H and O–H groups in total. The summed E-state index contributed by atoms with van der Waals surface area (Å²) in [4.78, 5) is 2.41. The highest BCUT2D eigenvalue weighted by molar-refractivity contribution is 5.57. The topological polar surface area (TPSA) is 29.3 Å². The molecule has 1 aromatic carbocycles. The van der Waals surface area contributed by atoms with Gasteiger partial charge < -0.3 is 10.6 Å². The van der Waals surface area contributed by atoms with E-state index in [4.69, 9.17) is 5.73 Å². The molecule has 0 amide bonds. The van der Waals surface area contributed by atoms with Crippen LogP contribution in [0.2, 0.25) is 0 Å². The van der Waals surface area contributed by atoms with Gasteiger partial charge in [-0.3, -0.25) is 0 Å². The number of benzene rings is 1. The number of hydrogen-bond acceptors (Lipinski definition) is 2. The van der Waals surface area contributed by atoms with Crippen LogP contribution in [0.3, 0.4) is 0 Å². The van der Waals surface area contributed by atoms with E-state index in [1.807, 2.05) is 0 Å². The molecule has 1 aliphatic heterocycles. The van der Waals surface area contributed by atoms with Gasteiger partial charge in [0.1, 0.15) is 0 Å². The molecule has 0 saturated carbocycles. The molecule has 1 unspecified atom stereocenters. The van der Waals surface area contributed by atoms with E-state index in [9.17, 15) is 0 Å². The third kappa shape index (κ3) is 2.27. The Hall–Kier alpha value is -1.28. The van der Waals surface area contributed by atoms with Crippen molar-refractivity contribution in [3.8, 4) is 0 Å². The van der Waals surface area contributed by atoms with Crippen LogP contribution < -0.4 is 10.6 Å². The van der Waals surface area contributed by atoms with E-state index in [-0.39, 0.29) is 6.04 Å². The van der Waals surface area contributed by atoms with Crippen LogP contribution in [0.5, 0.6) is 0 Å². The average molecular weight is 216 g/mol. The number of nitrogens with two attached hydrogens (primary N) is 1. The Kier molecular flexibility index (Phi) is 3.30. The van der Waals surface area contributed by atoms with Crippen molar-refractivity contribution in [2.24, 2.45) is 5.73 Å². The first-order valence-corrected chi connectivity index (χ1v) is 5.91. The lowest BCUT2D eigenvalue weighted by atomic mass is 9.97. The predicted octanol–water partition coefficient (Wildman–Crippen LogP) is 2.86. The minimum Gasteiger partial charge on any atom is -0.367 e. The van der Waals surface area contributed by atoms with E-state index in [1.54, 1.807) is 0 Å². The molecule has 0 bridgehead atoms. The number of allylic oxidation sites excluding steroid dienone is 1. The Bertz CT molecular complexity index is 391. The molecule has 86 valence electrons. The number of fused-ring (bicyclic) bond motifs is 1. The fourth-order valence-corrected chi connectivity index (χ4v) is 2.14. The summed E-state index contributed by atoms with van der Waals surface area (Å²) in [5.41, 5.74) is 10.1. The smallest absolute Gasteiger partial charge is 0.0417 e. The third-order valence-corrected chi connectivity index (χ3v) is 3.11. The number of anilines is 1. The normalized spacial score (nSPS) is 19.2. The molecule has 0 radical (unpaired) electrons. The van der Waals surface area contributed by atoms with E-state index in [0.29, 0.717) is 0 Å². The molecule has 0 aromatic heterocycles. The molecule has 0 fully saturated rings. The zero-order valence-corrected chi connectivity index (χ0v) is 10.1. The van der Waals surface area contributed by atoms with Crippen LogP contribution >= 0.6 is 0 Å². The number of para-hydroxylation sites is 1. The van der Waals surface area contributed by atoms with Crippen molar-refractivity contribution in [1.29, 1.82) is 0 Å². The molecule has 2 nitrogen and oxygen atoms in total. The molecular weight excluding hydrogens is 196 g/mol. The second kappa shape index (κ2) is 4.71. The van der Waals surface area contributed by atoms with E-state index in [0.717, 1.165) is 19.5 Å². The van der Waals surface area contributed by atoms with Crippen molar-refractivity contribution < 1.29 is 0 Å². The van der Waals surface area contributed by atoms with E-state index in [1.165, 1.54) is 16.8 Å². The molecule has 1 aliphatic rings. The summed E-state index contributed by atoms with van der Waals surface area (Å²) in [5.74, 6) is 0. The summed E-state index contributed by atoms with van der Waals surface area (Å²) >= 11 is 0. The molecule has 2 rings (SSSR count). The molecule has 1 atom stereocenters. The van der Waals surface area contributed by atoms with Crippen molar-refractivity contribution in [3.05, 3.63) is 41.5 Å². The van der Waals surface area contributed by atoms with Crippen molar-refractivity contribution in [3.63, 3.8) is 0 Å². The number of nitrogens with zero attached hydrogens (tertiary/aromatic N) is 1. The highest BCUT2D eigenvalue weighted by Crippen LogP contribution is 2.31. The van der Waals surface area contributed by atoms with Gasteiger partial charge in [0.2, 0.25) is 0 Å². The fraction of sp³-hybridized carbons (Fsp3) is 0.429. The van der Waals surface area contributed by atoms with Crippen LogP contribution in [0.4, 0.5) is 5.69 Å². The molecule has 0 saturated heterocycles. The summed E-state index contributed by atoms with van der Waals surface area (Å²) in [6.07, 6.45) is 3.32. The highest BCUT2D eigenvalue weighted by atomic mass is 15.1. The van der Waals surface area contributed by atoms with Crippen LogP contribution in [0.25, 0.3) is 0 Å². The van der Waals surface area contributed by atoms with Gasteiger partial charge in [0, 0.05) is 24.8 Å². The van der Waals surface area contributed by atoms with Crippen molar-refractivity contribution in [1.82, 2.24) is 0 Å². The van der Waals surface area contributed by atoms with E-state index >= 15 is 0 Å². The first-order chi connectivity index (χ1) is 7.68. The maximum Gasteiger partial charge on any atom is 0.0417 e. The maximum atomic E-state index is 6.12. The van der Waals surface area contributed by atoms with Crippen molar-refractivity contribution in [2.75, 3.05) is 18.0 Å². The zero-order chi connectivity index (χ0) is 11.5. The second-order valence-corrected chi connectivity index (χ2v) is 4.68. The number of rotatable bonds is 2. The Morgan fingerprint density at radius 2 is 2.19 bits per heavy atom. The highest BCUT2D eigenvalue weighted by Gasteiger charge is 2.20. The molecule has 16 heavy (non-hydrogen) atoms. The van der Waals surface area contributed by atoms with Gasteiger partial charge in [0.15, 0.2) is 0 Å². The van der Waals surface area contributed by atoms with Gasteiger partial charge in [-0.15, -0.1) is 0 Å². The van der Waals surface area contributed by atoms with Crippen LogP contribution in [0.15, 0.2) is 35.9 Å². The van der Waals surface area contributed by atoms with E-state index < -0.39 is 0 Å². The molecule has 0 spiro atoms. The first kappa shape index (κ1) is 11.2. The summed E-state index contributed by atoms with van der Waals surface area (Å²) in [6, 6.07) is 8.69. The van der Waals surface area contributed by atoms with Gasteiger partial charge in [-0.05, 0) is 31.9 Å². The lowest BCUT2D eigenvalue weighted by molar-refractivity contribution is 0.604. The average Bonchev–Trinajstić information content (AvgIpc) is 2.28. The maximum absolute atomic E-state index is 6.12. The van der Waals surface area contributed by atoms with E-state index in [2.05, 4.69) is 49.1 Å². The SMILES string of the molecule is CC(C)=CCN1CCC(N)c2ccccc21. The van der Waals surface area contributed by atoms with Crippen LogP contribution in [-0.4, -0.2) is 13.1 Å². The summed E-state index contributed by atoms with van der Waals surface area (Å²) in [7, 11) is 0. The molecular formula is C14H20N2. The molecule has 1 heterocycles. The Morgan fingerprint density at radius 3 is 2.94 bits per heavy atom. The lowest BCUT2D eigenvalue weighted by Gasteiger charge is -2.33. The summed E-state index contributed by atoms with van der Waals surface area (Å²) in [5, 5.41) is 0. The fourth-order valence-electron chi connectivity index (χ4n) is 2.14. The minimum atomic E-state index is 0.208. The van der Waals surface area contributed by atoms with Gasteiger partial charge in [-0.1, -0.05) is 29.8 Å². The van der Waals surface area contributed by atoms with Gasteiger partial charge in [-0.2, -0.15) is 0 Å². The van der Waals surface area contributed by atoms with Crippen molar-refractivity contribution >= 4 is 5.69 Å². The minimum absolute atomic E-state index is 0.208. The van der Waals surface area contributed by atoms with Gasteiger partial charge >= 0.3 is 0 Å². The summed E-state index contributed by atoms with van der Waals surface area (Å²) in [6.45, 7) is 6.33. The van der Waals surface area contributed by atoms with Crippen LogP contribution in [0, 0.1) is 0 Å². The Morgan fingerprint density at radius 1 is 1.44 bits per heavy atom. The third-order valence-electron chi connectivity index (χ3n) is 3.11. The molecule has 0 aliphatic carbocycles. The first-order valence-electron chi connectivity index (χ1n) is 5.91. The van der Waals surface area contributed by atoms with Gasteiger partial charge in [0.05, 0.1) is 0 Å². The monoisotopic (exact) mass is 216 g/mol. The Labute approximate surface area is 97.8 Å². The standard InChI is InChI=1S/C14H20N2/c1-11(2)7-9-16-10-8-13(15)12-5-3-4-6-14(12)16/h3-7,13H,8-10,15H2,1-2H3. The lowest BCUT2D eigenvalue weighted by Crippen LogP contribution is -2.33. The molecule has 2 heteroatoms. The van der Waals surface area contributed by atoms with Crippen LogP contribution in [0.1, 0.15) is 31.9 Å². The molecule has 1 aromatic rings. The Balaban J connectivity index is 2.24. The zero-order valence-electron chi connectivity index (χ0n) is 10.1. The van der Waals surface area contributed by atoms with Gasteiger partial charge in [0.25, 0.3) is 0 Å². The number of hydrogen-bond donors (Lipinski definition) is 1. The van der Waals surface area contributed by atoms with Gasteiger partial charge in [-0.25, -0.2) is 0 Å². The quantitative estimate of drug-likeness (QED) is 0.770.